The largest absolute Gasteiger partial charge is 0.396 e. The average molecular weight is 258 g/mol. The molecule has 0 aromatic heterocycles. The molecule has 3 nitrogen and oxygen atoms in total. The smallest absolute Gasteiger partial charge is 0.0992 e. The van der Waals surface area contributed by atoms with Crippen LogP contribution in [0.3, 0.4) is 0 Å². The van der Waals surface area contributed by atoms with Gasteiger partial charge in [-0.25, -0.2) is 0 Å². The molecule has 0 radical (unpaired) electrons. The fourth-order valence-corrected chi connectivity index (χ4v) is 3.09. The molecule has 1 saturated heterocycles. The predicted octanol–water partition coefficient (Wildman–Crippen LogP) is 2.79. The third-order valence-corrected chi connectivity index (χ3v) is 4.27. The van der Waals surface area contributed by atoms with Gasteiger partial charge in [0, 0.05) is 25.4 Å². The first kappa shape index (κ1) is 13.9. The van der Waals surface area contributed by atoms with E-state index < -0.39 is 0 Å². The molecule has 1 unspecified atom stereocenters. The van der Waals surface area contributed by atoms with E-state index in [9.17, 15) is 0 Å². The van der Waals surface area contributed by atoms with Crippen LogP contribution in [0.5, 0.6) is 0 Å². The van der Waals surface area contributed by atoms with Crippen molar-refractivity contribution in [2.24, 2.45) is 11.3 Å². The molecule has 102 valence electrons. The van der Waals surface area contributed by atoms with Gasteiger partial charge in [-0.05, 0) is 42.4 Å². The number of hydrogen-bond donors (Lipinski definition) is 1. The summed E-state index contributed by atoms with van der Waals surface area (Å²) >= 11 is 0. The van der Waals surface area contributed by atoms with Crippen molar-refractivity contribution in [2.45, 2.75) is 26.7 Å². The van der Waals surface area contributed by atoms with Gasteiger partial charge in [0.15, 0.2) is 0 Å². The highest BCUT2D eigenvalue weighted by Crippen LogP contribution is 2.38. The normalized spacial score (nSPS) is 22.0. The van der Waals surface area contributed by atoms with Crippen molar-refractivity contribution in [3.05, 3.63) is 29.8 Å². The van der Waals surface area contributed by atoms with Crippen molar-refractivity contribution in [1.82, 2.24) is 0 Å². The van der Waals surface area contributed by atoms with Gasteiger partial charge in [0.25, 0.3) is 0 Å². The zero-order chi connectivity index (χ0) is 13.9. The van der Waals surface area contributed by atoms with Gasteiger partial charge in [0.05, 0.1) is 11.6 Å². The minimum atomic E-state index is 0.198. The molecule has 19 heavy (non-hydrogen) atoms. The van der Waals surface area contributed by atoms with Crippen LogP contribution in [0.15, 0.2) is 24.3 Å². The maximum atomic E-state index is 9.15. The van der Waals surface area contributed by atoms with Gasteiger partial charge in [0.1, 0.15) is 0 Å². The predicted molar refractivity (Wildman–Crippen MR) is 77.0 cm³/mol. The number of nitrogens with zero attached hydrogens (tertiary/aromatic N) is 2. The SMILES string of the molecule is CC1(C)CN(c2cccc(C#N)c2)CCC1CCO. The molecule has 1 heterocycles. The Morgan fingerprint density at radius 1 is 1.47 bits per heavy atom. The lowest BCUT2D eigenvalue weighted by molar-refractivity contribution is 0.134. The molecule has 1 aromatic carbocycles. The lowest BCUT2D eigenvalue weighted by atomic mass is 9.72. The molecule has 1 N–H and O–H groups in total. The number of anilines is 1. The van der Waals surface area contributed by atoms with E-state index in [1.54, 1.807) is 0 Å². The van der Waals surface area contributed by atoms with Gasteiger partial charge in [-0.1, -0.05) is 19.9 Å². The number of rotatable bonds is 3. The number of nitriles is 1. The summed E-state index contributed by atoms with van der Waals surface area (Å²) in [6.07, 6.45) is 1.99. The molecule has 1 atom stereocenters. The van der Waals surface area contributed by atoms with E-state index in [2.05, 4.69) is 30.9 Å². The van der Waals surface area contributed by atoms with Crippen LogP contribution in [0, 0.1) is 22.7 Å². The van der Waals surface area contributed by atoms with Gasteiger partial charge >= 0.3 is 0 Å². The van der Waals surface area contributed by atoms with Crippen molar-refractivity contribution in [1.29, 1.82) is 5.26 Å². The third kappa shape index (κ3) is 3.08. The van der Waals surface area contributed by atoms with Crippen LogP contribution in [-0.4, -0.2) is 24.8 Å². The van der Waals surface area contributed by atoms with E-state index in [1.165, 1.54) is 0 Å². The molecular weight excluding hydrogens is 236 g/mol. The zero-order valence-electron chi connectivity index (χ0n) is 11.8. The van der Waals surface area contributed by atoms with E-state index in [0.717, 1.165) is 31.6 Å². The zero-order valence-corrected chi connectivity index (χ0v) is 11.8. The summed E-state index contributed by atoms with van der Waals surface area (Å²) in [5.74, 6) is 0.577. The Morgan fingerprint density at radius 3 is 2.89 bits per heavy atom. The minimum Gasteiger partial charge on any atom is -0.396 e. The second kappa shape index (κ2) is 5.63. The van der Waals surface area contributed by atoms with Gasteiger partial charge < -0.3 is 10.0 Å². The Labute approximate surface area is 115 Å². The Balaban J connectivity index is 2.14. The second-order valence-corrected chi connectivity index (χ2v) is 6.07. The standard InChI is InChI=1S/C16H22N2O/c1-16(2)12-18(8-6-14(16)7-9-19)15-5-3-4-13(10-15)11-17/h3-5,10,14,19H,6-9,12H2,1-2H3. The lowest BCUT2D eigenvalue weighted by Crippen LogP contribution is -2.46. The maximum absolute atomic E-state index is 9.15. The van der Waals surface area contributed by atoms with Gasteiger partial charge in [-0.2, -0.15) is 5.26 Å². The summed E-state index contributed by atoms with van der Waals surface area (Å²) in [5, 5.41) is 18.1. The molecule has 0 aliphatic carbocycles. The summed E-state index contributed by atoms with van der Waals surface area (Å²) in [5.41, 5.74) is 2.05. The number of aliphatic hydroxyl groups excluding tert-OH is 1. The van der Waals surface area contributed by atoms with E-state index in [1.807, 2.05) is 18.2 Å². The van der Waals surface area contributed by atoms with Gasteiger partial charge in [-0.3, -0.25) is 0 Å². The summed E-state index contributed by atoms with van der Waals surface area (Å²) in [4.78, 5) is 2.36. The number of piperidine rings is 1. The molecule has 3 heteroatoms. The van der Waals surface area contributed by atoms with Crippen LogP contribution in [-0.2, 0) is 0 Å². The van der Waals surface area contributed by atoms with E-state index >= 15 is 0 Å². The Hall–Kier alpha value is -1.53. The molecule has 1 aliphatic heterocycles. The highest BCUT2D eigenvalue weighted by atomic mass is 16.3. The second-order valence-electron chi connectivity index (χ2n) is 6.07. The van der Waals surface area contributed by atoms with Crippen LogP contribution < -0.4 is 4.90 Å². The fraction of sp³-hybridized carbons (Fsp3) is 0.562. The van der Waals surface area contributed by atoms with Crippen LogP contribution in [0.1, 0.15) is 32.3 Å². The summed E-state index contributed by atoms with van der Waals surface area (Å²) in [6.45, 7) is 6.80. The lowest BCUT2D eigenvalue weighted by Gasteiger charge is -2.45. The Kier molecular flexibility index (Phi) is 4.11. The van der Waals surface area contributed by atoms with E-state index in [-0.39, 0.29) is 12.0 Å². The minimum absolute atomic E-state index is 0.198. The number of benzene rings is 1. The maximum Gasteiger partial charge on any atom is 0.0992 e. The third-order valence-electron chi connectivity index (χ3n) is 4.27. The first-order valence-corrected chi connectivity index (χ1v) is 6.93. The van der Waals surface area contributed by atoms with Crippen molar-refractivity contribution < 1.29 is 5.11 Å². The molecule has 0 saturated carbocycles. The monoisotopic (exact) mass is 258 g/mol. The summed E-state index contributed by atoms with van der Waals surface area (Å²) < 4.78 is 0. The number of hydrogen-bond acceptors (Lipinski definition) is 3. The van der Waals surface area contributed by atoms with Crippen LogP contribution >= 0.6 is 0 Å². The molecular formula is C16H22N2O. The highest BCUT2D eigenvalue weighted by molar-refractivity contribution is 5.52. The molecule has 0 spiro atoms. The average Bonchev–Trinajstić information content (AvgIpc) is 2.41. The van der Waals surface area contributed by atoms with Crippen molar-refractivity contribution in [3.63, 3.8) is 0 Å². The van der Waals surface area contributed by atoms with Crippen molar-refractivity contribution in [3.8, 4) is 6.07 Å². The van der Waals surface area contributed by atoms with Crippen molar-refractivity contribution in [2.75, 3.05) is 24.6 Å². The summed E-state index contributed by atoms with van der Waals surface area (Å²) in [6, 6.07) is 10.0. The molecule has 1 aromatic rings. The topological polar surface area (TPSA) is 47.3 Å². The highest BCUT2D eigenvalue weighted by Gasteiger charge is 2.35. The van der Waals surface area contributed by atoms with Gasteiger partial charge in [0.2, 0.25) is 0 Å². The molecule has 1 fully saturated rings. The first-order valence-electron chi connectivity index (χ1n) is 6.93. The number of aliphatic hydroxyl groups is 1. The molecule has 0 bridgehead atoms. The van der Waals surface area contributed by atoms with E-state index in [4.69, 9.17) is 10.4 Å². The quantitative estimate of drug-likeness (QED) is 0.907. The van der Waals surface area contributed by atoms with Gasteiger partial charge in [-0.15, -0.1) is 0 Å². The Morgan fingerprint density at radius 2 is 2.26 bits per heavy atom. The van der Waals surface area contributed by atoms with Crippen LogP contribution in [0.4, 0.5) is 5.69 Å². The molecule has 1 aliphatic rings. The summed E-state index contributed by atoms with van der Waals surface area (Å²) in [7, 11) is 0. The van der Waals surface area contributed by atoms with Crippen LogP contribution in [0.25, 0.3) is 0 Å². The molecule has 0 amide bonds. The Bertz CT molecular complexity index is 476. The molecule has 2 rings (SSSR count). The van der Waals surface area contributed by atoms with Crippen LogP contribution in [0.2, 0.25) is 0 Å². The fourth-order valence-electron chi connectivity index (χ4n) is 3.09. The first-order chi connectivity index (χ1) is 9.06. The van der Waals surface area contributed by atoms with Crippen molar-refractivity contribution >= 4 is 5.69 Å². The van der Waals surface area contributed by atoms with E-state index in [0.29, 0.717) is 11.5 Å².